The highest BCUT2D eigenvalue weighted by Gasteiger charge is 2.28. The maximum absolute atomic E-state index is 12.2. The molecule has 2 aromatic rings. The lowest BCUT2D eigenvalue weighted by atomic mass is 9.95. The molecule has 1 aliphatic heterocycles. The Labute approximate surface area is 128 Å². The molecule has 0 spiro atoms. The molecule has 3 rings (SSSR count). The molecule has 0 bridgehead atoms. The zero-order chi connectivity index (χ0) is 15.4. The molecule has 0 saturated carbocycles. The number of anilines is 1. The van der Waals surface area contributed by atoms with Gasteiger partial charge in [0.25, 0.3) is 5.91 Å². The maximum atomic E-state index is 12.2. The summed E-state index contributed by atoms with van der Waals surface area (Å²) >= 11 is 0. The van der Waals surface area contributed by atoms with Gasteiger partial charge in [-0.05, 0) is 37.1 Å². The first kappa shape index (κ1) is 14.3. The van der Waals surface area contributed by atoms with E-state index in [1.165, 1.54) is 6.26 Å². The first-order valence-corrected chi connectivity index (χ1v) is 7.28. The molecular formula is C16H17N3O3. The van der Waals surface area contributed by atoms with E-state index in [1.54, 1.807) is 41.6 Å². The van der Waals surface area contributed by atoms with E-state index in [0.29, 0.717) is 37.4 Å². The number of furan rings is 1. The molecule has 22 heavy (non-hydrogen) atoms. The summed E-state index contributed by atoms with van der Waals surface area (Å²) in [6.45, 7) is 1.12. The third-order valence-corrected chi connectivity index (χ3v) is 3.81. The Morgan fingerprint density at radius 1 is 1.23 bits per heavy atom. The number of aromatic nitrogens is 1. The average Bonchev–Trinajstić information content (AvgIpc) is 3.10. The number of carbonyl (C=O) groups is 2. The number of piperidine rings is 1. The van der Waals surface area contributed by atoms with Crippen molar-refractivity contribution in [2.24, 2.45) is 5.92 Å². The zero-order valence-electron chi connectivity index (χ0n) is 12.1. The van der Waals surface area contributed by atoms with Gasteiger partial charge in [-0.1, -0.05) is 0 Å². The van der Waals surface area contributed by atoms with Crippen LogP contribution >= 0.6 is 0 Å². The van der Waals surface area contributed by atoms with Crippen LogP contribution in [0, 0.1) is 5.92 Å². The van der Waals surface area contributed by atoms with Crippen molar-refractivity contribution >= 4 is 17.5 Å². The van der Waals surface area contributed by atoms with Crippen LogP contribution in [0.5, 0.6) is 0 Å². The molecule has 0 radical (unpaired) electrons. The molecule has 1 aliphatic rings. The average molecular weight is 299 g/mol. The quantitative estimate of drug-likeness (QED) is 0.942. The number of carbonyl (C=O) groups excluding carboxylic acids is 2. The van der Waals surface area contributed by atoms with Crippen LogP contribution in [0.4, 0.5) is 5.69 Å². The monoisotopic (exact) mass is 299 g/mol. The Morgan fingerprint density at radius 3 is 2.68 bits per heavy atom. The van der Waals surface area contributed by atoms with Gasteiger partial charge >= 0.3 is 0 Å². The topological polar surface area (TPSA) is 75.4 Å². The van der Waals surface area contributed by atoms with Crippen molar-refractivity contribution in [2.75, 3.05) is 18.4 Å². The van der Waals surface area contributed by atoms with Crippen molar-refractivity contribution in [3.63, 3.8) is 0 Å². The molecule has 0 atom stereocenters. The van der Waals surface area contributed by atoms with E-state index in [4.69, 9.17) is 4.42 Å². The second-order valence-corrected chi connectivity index (χ2v) is 5.27. The first-order chi connectivity index (χ1) is 10.7. The molecule has 6 heteroatoms. The van der Waals surface area contributed by atoms with E-state index < -0.39 is 0 Å². The van der Waals surface area contributed by atoms with Crippen LogP contribution in [0.3, 0.4) is 0 Å². The van der Waals surface area contributed by atoms with Gasteiger partial charge in [-0.2, -0.15) is 0 Å². The van der Waals surface area contributed by atoms with E-state index in [0.717, 1.165) is 0 Å². The maximum Gasteiger partial charge on any atom is 0.289 e. The fourth-order valence-electron chi connectivity index (χ4n) is 2.58. The molecule has 1 fully saturated rings. The highest BCUT2D eigenvalue weighted by Crippen LogP contribution is 2.21. The molecule has 2 aromatic heterocycles. The van der Waals surface area contributed by atoms with Crippen LogP contribution in [0.15, 0.2) is 47.3 Å². The molecule has 1 saturated heterocycles. The molecule has 3 heterocycles. The number of nitrogens with zero attached hydrogens (tertiary/aromatic N) is 2. The number of rotatable bonds is 3. The Bertz CT molecular complexity index is 632. The fraction of sp³-hybridized carbons (Fsp3) is 0.312. The summed E-state index contributed by atoms with van der Waals surface area (Å²) in [6.07, 6.45) is 6.07. The Kier molecular flexibility index (Phi) is 4.18. The number of amides is 2. The third-order valence-electron chi connectivity index (χ3n) is 3.81. The molecule has 114 valence electrons. The van der Waals surface area contributed by atoms with Crippen molar-refractivity contribution in [1.29, 1.82) is 0 Å². The largest absolute Gasteiger partial charge is 0.459 e. The predicted molar refractivity (Wildman–Crippen MR) is 80.2 cm³/mol. The van der Waals surface area contributed by atoms with E-state index in [9.17, 15) is 9.59 Å². The predicted octanol–water partition coefficient (Wildman–Crippen LogP) is 2.17. The van der Waals surface area contributed by atoms with E-state index in [2.05, 4.69) is 10.3 Å². The van der Waals surface area contributed by atoms with Crippen LogP contribution < -0.4 is 5.32 Å². The van der Waals surface area contributed by atoms with Crippen molar-refractivity contribution in [1.82, 2.24) is 9.88 Å². The minimum absolute atomic E-state index is 0.0157. The summed E-state index contributed by atoms with van der Waals surface area (Å²) in [5, 5.41) is 2.86. The van der Waals surface area contributed by atoms with Crippen molar-refractivity contribution in [2.45, 2.75) is 12.8 Å². The van der Waals surface area contributed by atoms with E-state index in [-0.39, 0.29) is 17.7 Å². The Balaban J connectivity index is 1.53. The summed E-state index contributed by atoms with van der Waals surface area (Å²) in [5.41, 5.74) is 0.696. The van der Waals surface area contributed by atoms with Crippen molar-refractivity contribution in [3.05, 3.63) is 48.7 Å². The lowest BCUT2D eigenvalue weighted by Gasteiger charge is -2.30. The minimum Gasteiger partial charge on any atom is -0.459 e. The van der Waals surface area contributed by atoms with Crippen molar-refractivity contribution in [3.8, 4) is 0 Å². The van der Waals surface area contributed by atoms with Crippen LogP contribution in [0.25, 0.3) is 0 Å². The molecule has 0 aromatic carbocycles. The summed E-state index contributed by atoms with van der Waals surface area (Å²) < 4.78 is 5.12. The summed E-state index contributed by atoms with van der Waals surface area (Å²) in [4.78, 5) is 30.1. The molecule has 1 N–H and O–H groups in total. The zero-order valence-corrected chi connectivity index (χ0v) is 12.1. The molecule has 2 amide bonds. The lowest BCUT2D eigenvalue weighted by molar-refractivity contribution is -0.121. The van der Waals surface area contributed by atoms with Gasteiger partial charge in [0, 0.05) is 25.2 Å². The first-order valence-electron chi connectivity index (χ1n) is 7.28. The van der Waals surface area contributed by atoms with Gasteiger partial charge in [0.2, 0.25) is 5.91 Å². The number of pyridine rings is 1. The molecule has 6 nitrogen and oxygen atoms in total. The van der Waals surface area contributed by atoms with Crippen molar-refractivity contribution < 1.29 is 14.0 Å². The van der Waals surface area contributed by atoms with Crippen LogP contribution in [-0.2, 0) is 4.79 Å². The SMILES string of the molecule is O=C(Nc1cccnc1)C1CCN(C(=O)c2ccco2)CC1. The minimum atomic E-state index is -0.115. The number of nitrogens with one attached hydrogen (secondary N) is 1. The van der Waals surface area contributed by atoms with Gasteiger partial charge in [0.1, 0.15) is 0 Å². The molecular weight excluding hydrogens is 282 g/mol. The summed E-state index contributed by atoms with van der Waals surface area (Å²) in [5.74, 6) is 0.133. The van der Waals surface area contributed by atoms with Gasteiger partial charge in [-0.25, -0.2) is 0 Å². The van der Waals surface area contributed by atoms with Gasteiger partial charge in [-0.3, -0.25) is 14.6 Å². The summed E-state index contributed by atoms with van der Waals surface area (Å²) in [6, 6.07) is 6.94. The second kappa shape index (κ2) is 6.43. The van der Waals surface area contributed by atoms with Crippen LogP contribution in [0.2, 0.25) is 0 Å². The number of hydrogen-bond donors (Lipinski definition) is 1. The van der Waals surface area contributed by atoms with Crippen LogP contribution in [0.1, 0.15) is 23.4 Å². The van der Waals surface area contributed by atoms with Gasteiger partial charge in [0.05, 0.1) is 18.1 Å². The standard InChI is InChI=1S/C16H17N3O3/c20-15(18-13-3-1-7-17-11-13)12-5-8-19(9-6-12)16(21)14-4-2-10-22-14/h1-4,7,10-12H,5-6,8-9H2,(H,18,20). The number of likely N-dealkylation sites (tertiary alicyclic amines) is 1. The Morgan fingerprint density at radius 2 is 2.05 bits per heavy atom. The fourth-order valence-corrected chi connectivity index (χ4v) is 2.58. The highest BCUT2D eigenvalue weighted by atomic mass is 16.3. The highest BCUT2D eigenvalue weighted by molar-refractivity contribution is 5.93. The number of hydrogen-bond acceptors (Lipinski definition) is 4. The molecule has 0 unspecified atom stereocenters. The third kappa shape index (κ3) is 3.16. The smallest absolute Gasteiger partial charge is 0.289 e. The molecule has 0 aliphatic carbocycles. The Hall–Kier alpha value is -2.63. The van der Waals surface area contributed by atoms with Gasteiger partial charge in [0.15, 0.2) is 5.76 Å². The van der Waals surface area contributed by atoms with Gasteiger partial charge in [-0.15, -0.1) is 0 Å². The van der Waals surface area contributed by atoms with E-state index >= 15 is 0 Å². The van der Waals surface area contributed by atoms with Gasteiger partial charge < -0.3 is 14.6 Å². The lowest BCUT2D eigenvalue weighted by Crippen LogP contribution is -2.41. The normalized spacial score (nSPS) is 15.5. The second-order valence-electron chi connectivity index (χ2n) is 5.27. The van der Waals surface area contributed by atoms with Crippen LogP contribution in [-0.4, -0.2) is 34.8 Å². The summed E-state index contributed by atoms with van der Waals surface area (Å²) in [7, 11) is 0. The van der Waals surface area contributed by atoms with E-state index in [1.807, 2.05) is 0 Å².